The second-order valence-corrected chi connectivity index (χ2v) is 10.3. The molecule has 28 heavy (non-hydrogen) atoms. The molecule has 6 nitrogen and oxygen atoms in total. The summed E-state index contributed by atoms with van der Waals surface area (Å²) in [6.07, 6.45) is 1.15. The minimum Gasteiger partial charge on any atom is -0.341 e. The normalized spacial score (nSPS) is 25.1. The third-order valence-electron chi connectivity index (χ3n) is 5.42. The lowest BCUT2D eigenvalue weighted by atomic mass is 9.92. The van der Waals surface area contributed by atoms with Gasteiger partial charge in [0.25, 0.3) is 0 Å². The first-order valence-corrected chi connectivity index (χ1v) is 11.4. The van der Waals surface area contributed by atoms with E-state index in [0.717, 1.165) is 31.6 Å². The highest BCUT2D eigenvalue weighted by molar-refractivity contribution is 7.89. The van der Waals surface area contributed by atoms with Crippen molar-refractivity contribution in [2.75, 3.05) is 45.8 Å². The Bertz CT molecular complexity index is 818. The van der Waals surface area contributed by atoms with Gasteiger partial charge in [0.15, 0.2) is 0 Å². The Labute approximate surface area is 171 Å². The number of nitrogens with zero attached hydrogens (tertiary/aromatic N) is 3. The standard InChI is InChI=1S/C19H27ClFN3O3S/c1-14-9-15(2)12-23(11-14)19(25)13-22-5-7-24(8-6-22)28(26,27)18-4-3-16(21)10-17(18)20/h3-4,10,14-15H,5-9,11-13H2,1-2H3. The van der Waals surface area contributed by atoms with Crippen molar-refractivity contribution in [1.29, 1.82) is 0 Å². The number of piperazine rings is 1. The van der Waals surface area contributed by atoms with Gasteiger partial charge in [0, 0.05) is 39.3 Å². The number of benzene rings is 1. The van der Waals surface area contributed by atoms with Crippen molar-refractivity contribution in [2.24, 2.45) is 11.8 Å². The van der Waals surface area contributed by atoms with Crippen LogP contribution in [-0.2, 0) is 14.8 Å². The topological polar surface area (TPSA) is 60.9 Å². The Kier molecular flexibility index (Phi) is 6.64. The van der Waals surface area contributed by atoms with E-state index in [4.69, 9.17) is 11.6 Å². The number of rotatable bonds is 4. The van der Waals surface area contributed by atoms with Crippen molar-refractivity contribution < 1.29 is 17.6 Å². The number of piperidine rings is 1. The van der Waals surface area contributed by atoms with Gasteiger partial charge in [0.1, 0.15) is 10.7 Å². The third kappa shape index (κ3) is 4.84. The first kappa shape index (κ1) is 21.5. The van der Waals surface area contributed by atoms with E-state index < -0.39 is 15.8 Å². The zero-order chi connectivity index (χ0) is 20.5. The van der Waals surface area contributed by atoms with Crippen LogP contribution in [0.15, 0.2) is 23.1 Å². The molecule has 0 N–H and O–H groups in total. The number of carbonyl (C=O) groups excluding carboxylic acids is 1. The predicted molar refractivity (Wildman–Crippen MR) is 106 cm³/mol. The van der Waals surface area contributed by atoms with E-state index >= 15 is 0 Å². The Morgan fingerprint density at radius 1 is 1.14 bits per heavy atom. The third-order valence-corrected chi connectivity index (χ3v) is 7.80. The summed E-state index contributed by atoms with van der Waals surface area (Å²) < 4.78 is 40.1. The Morgan fingerprint density at radius 3 is 2.32 bits per heavy atom. The second kappa shape index (κ2) is 8.65. The predicted octanol–water partition coefficient (Wildman–Crippen LogP) is 2.29. The van der Waals surface area contributed by atoms with Gasteiger partial charge in [-0.05, 0) is 36.5 Å². The highest BCUT2D eigenvalue weighted by atomic mass is 35.5. The van der Waals surface area contributed by atoms with E-state index in [2.05, 4.69) is 13.8 Å². The molecular formula is C19H27ClFN3O3S. The Balaban J connectivity index is 1.57. The highest BCUT2D eigenvalue weighted by Gasteiger charge is 2.32. The van der Waals surface area contributed by atoms with Crippen LogP contribution in [0.1, 0.15) is 20.3 Å². The molecule has 0 aliphatic carbocycles. The van der Waals surface area contributed by atoms with E-state index in [1.807, 2.05) is 9.80 Å². The molecule has 0 bridgehead atoms. The average molecular weight is 432 g/mol. The van der Waals surface area contributed by atoms with E-state index in [-0.39, 0.29) is 28.9 Å². The van der Waals surface area contributed by atoms with Crippen molar-refractivity contribution in [2.45, 2.75) is 25.2 Å². The smallest absolute Gasteiger partial charge is 0.244 e. The fourth-order valence-electron chi connectivity index (χ4n) is 4.11. The monoisotopic (exact) mass is 431 g/mol. The Hall–Kier alpha value is -1.22. The van der Waals surface area contributed by atoms with Gasteiger partial charge in [0.05, 0.1) is 11.6 Å². The maximum Gasteiger partial charge on any atom is 0.244 e. The molecule has 156 valence electrons. The quantitative estimate of drug-likeness (QED) is 0.733. The van der Waals surface area contributed by atoms with E-state index in [1.54, 1.807) is 0 Å². The number of hydrogen-bond donors (Lipinski definition) is 0. The number of halogens is 2. The molecular weight excluding hydrogens is 405 g/mol. The zero-order valence-electron chi connectivity index (χ0n) is 16.3. The van der Waals surface area contributed by atoms with Gasteiger partial charge >= 0.3 is 0 Å². The molecule has 0 spiro atoms. The molecule has 2 heterocycles. The molecule has 2 saturated heterocycles. The number of amides is 1. The summed E-state index contributed by atoms with van der Waals surface area (Å²) in [5, 5.41) is -0.119. The SMILES string of the molecule is CC1CC(C)CN(C(=O)CN2CCN(S(=O)(=O)c3ccc(F)cc3Cl)CC2)C1. The number of sulfonamides is 1. The summed E-state index contributed by atoms with van der Waals surface area (Å²) in [5.41, 5.74) is 0. The van der Waals surface area contributed by atoms with Crippen LogP contribution in [0.25, 0.3) is 0 Å². The molecule has 2 aliphatic heterocycles. The minimum atomic E-state index is -3.78. The zero-order valence-corrected chi connectivity index (χ0v) is 17.8. The lowest BCUT2D eigenvalue weighted by Gasteiger charge is -2.38. The molecule has 2 unspecified atom stereocenters. The maximum atomic E-state index is 13.2. The fourth-order valence-corrected chi connectivity index (χ4v) is 6.04. The molecule has 1 amide bonds. The molecule has 0 aromatic heterocycles. The molecule has 0 saturated carbocycles. The molecule has 2 aliphatic rings. The van der Waals surface area contributed by atoms with Crippen LogP contribution in [0.4, 0.5) is 4.39 Å². The number of likely N-dealkylation sites (tertiary alicyclic amines) is 1. The summed E-state index contributed by atoms with van der Waals surface area (Å²) in [6.45, 7) is 7.73. The molecule has 3 rings (SSSR count). The summed E-state index contributed by atoms with van der Waals surface area (Å²) in [7, 11) is -3.78. The van der Waals surface area contributed by atoms with Crippen LogP contribution < -0.4 is 0 Å². The van der Waals surface area contributed by atoms with Crippen LogP contribution in [-0.4, -0.2) is 74.2 Å². The molecule has 1 aromatic rings. The molecule has 1 aromatic carbocycles. The molecule has 2 fully saturated rings. The van der Waals surface area contributed by atoms with Gasteiger partial charge in [-0.2, -0.15) is 4.31 Å². The number of carbonyl (C=O) groups is 1. The first-order valence-electron chi connectivity index (χ1n) is 9.62. The van der Waals surface area contributed by atoms with Gasteiger partial charge in [-0.15, -0.1) is 0 Å². The maximum absolute atomic E-state index is 13.2. The van der Waals surface area contributed by atoms with E-state index in [1.165, 1.54) is 10.4 Å². The fraction of sp³-hybridized carbons (Fsp3) is 0.632. The van der Waals surface area contributed by atoms with Crippen LogP contribution in [0.2, 0.25) is 5.02 Å². The van der Waals surface area contributed by atoms with Crippen LogP contribution >= 0.6 is 11.6 Å². The highest BCUT2D eigenvalue weighted by Crippen LogP contribution is 2.26. The van der Waals surface area contributed by atoms with Crippen molar-refractivity contribution in [3.63, 3.8) is 0 Å². The van der Waals surface area contributed by atoms with Gasteiger partial charge in [-0.25, -0.2) is 12.8 Å². The van der Waals surface area contributed by atoms with Crippen LogP contribution in [0.5, 0.6) is 0 Å². The van der Waals surface area contributed by atoms with Crippen molar-refractivity contribution in [1.82, 2.24) is 14.1 Å². The van der Waals surface area contributed by atoms with Gasteiger partial charge < -0.3 is 4.90 Å². The lowest BCUT2D eigenvalue weighted by molar-refractivity contribution is -0.135. The molecule has 9 heteroatoms. The molecule has 0 radical (unpaired) electrons. The van der Waals surface area contributed by atoms with Gasteiger partial charge in [-0.3, -0.25) is 9.69 Å². The van der Waals surface area contributed by atoms with Crippen molar-refractivity contribution in [3.8, 4) is 0 Å². The summed E-state index contributed by atoms with van der Waals surface area (Å²) in [6, 6.07) is 3.29. The summed E-state index contributed by atoms with van der Waals surface area (Å²) in [5.74, 6) is 0.551. The second-order valence-electron chi connectivity index (χ2n) is 8.00. The summed E-state index contributed by atoms with van der Waals surface area (Å²) in [4.78, 5) is 16.5. The number of hydrogen-bond acceptors (Lipinski definition) is 4. The first-order chi connectivity index (χ1) is 13.2. The molecule has 2 atom stereocenters. The van der Waals surface area contributed by atoms with Gasteiger partial charge in [-0.1, -0.05) is 25.4 Å². The van der Waals surface area contributed by atoms with Crippen molar-refractivity contribution in [3.05, 3.63) is 29.0 Å². The Morgan fingerprint density at radius 2 is 1.75 bits per heavy atom. The van der Waals surface area contributed by atoms with E-state index in [9.17, 15) is 17.6 Å². The van der Waals surface area contributed by atoms with Crippen molar-refractivity contribution >= 4 is 27.5 Å². The van der Waals surface area contributed by atoms with Gasteiger partial charge in [0.2, 0.25) is 15.9 Å². The summed E-state index contributed by atoms with van der Waals surface area (Å²) >= 11 is 5.93. The van der Waals surface area contributed by atoms with Crippen LogP contribution in [0, 0.1) is 17.7 Å². The largest absolute Gasteiger partial charge is 0.341 e. The van der Waals surface area contributed by atoms with E-state index in [0.29, 0.717) is 31.5 Å². The van der Waals surface area contributed by atoms with Crippen LogP contribution in [0.3, 0.4) is 0 Å². The minimum absolute atomic E-state index is 0.0867. The lowest BCUT2D eigenvalue weighted by Crippen LogP contribution is -2.52. The average Bonchev–Trinajstić information content (AvgIpc) is 2.61.